The van der Waals surface area contributed by atoms with Gasteiger partial charge in [-0.3, -0.25) is 0 Å². The van der Waals surface area contributed by atoms with Crippen LogP contribution in [0.1, 0.15) is 0 Å². The summed E-state index contributed by atoms with van der Waals surface area (Å²) in [6.45, 7) is 4.33. The molecule has 8 heavy (non-hydrogen) atoms. The Labute approximate surface area is 48.5 Å². The molecule has 0 unspecified atom stereocenters. The molecule has 0 saturated carbocycles. The van der Waals surface area contributed by atoms with Gasteiger partial charge in [-0.2, -0.15) is 13.9 Å². The zero-order valence-corrected chi connectivity index (χ0v) is 5.30. The highest BCUT2D eigenvalue weighted by atomic mass is 31.2. The Morgan fingerprint density at radius 1 is 1.50 bits per heavy atom. The molecular weight excluding hydrogens is 127 g/mol. The molecule has 0 aromatic rings. The summed E-state index contributed by atoms with van der Waals surface area (Å²) in [5.74, 6) is 1.33. The van der Waals surface area contributed by atoms with Crippen molar-refractivity contribution in [2.24, 2.45) is 0 Å². The van der Waals surface area contributed by atoms with Gasteiger partial charge in [-0.15, -0.1) is 0 Å². The van der Waals surface area contributed by atoms with E-state index in [4.69, 9.17) is 13.9 Å². The van der Waals surface area contributed by atoms with E-state index in [9.17, 15) is 0 Å². The van der Waals surface area contributed by atoms with Crippen LogP contribution in [0.4, 0.5) is 0 Å². The van der Waals surface area contributed by atoms with E-state index in [1.165, 1.54) is 5.82 Å². The Hall–Kier alpha value is 0.0500. The standard InChI is InChI=1S/C4H8O3P/c1-2-8(5)6-3-4-7-8/h2,5H,1,3-4H2/q+1. The first-order chi connectivity index (χ1) is 3.77. The minimum absolute atomic E-state index is 0.482. The molecule has 1 aliphatic rings. The van der Waals surface area contributed by atoms with Gasteiger partial charge >= 0.3 is 7.94 Å². The van der Waals surface area contributed by atoms with Crippen molar-refractivity contribution in [2.75, 3.05) is 13.2 Å². The average Bonchev–Trinajstić information content (AvgIpc) is 2.17. The summed E-state index contributed by atoms with van der Waals surface area (Å²) in [5.41, 5.74) is 0. The molecule has 4 heteroatoms. The first kappa shape index (κ1) is 6.17. The number of hydrogen-bond donors (Lipinski definition) is 1. The van der Waals surface area contributed by atoms with Crippen molar-refractivity contribution in [1.82, 2.24) is 0 Å². The molecule has 1 rings (SSSR count). The molecule has 0 aromatic heterocycles. The highest BCUT2D eigenvalue weighted by Gasteiger charge is 2.42. The van der Waals surface area contributed by atoms with Gasteiger partial charge in [-0.25, -0.2) is 0 Å². The Kier molecular flexibility index (Phi) is 1.63. The van der Waals surface area contributed by atoms with E-state index >= 15 is 0 Å². The van der Waals surface area contributed by atoms with E-state index in [1.54, 1.807) is 0 Å². The van der Waals surface area contributed by atoms with Crippen LogP contribution < -0.4 is 0 Å². The van der Waals surface area contributed by atoms with Gasteiger partial charge < -0.3 is 0 Å². The quantitative estimate of drug-likeness (QED) is 0.543. The van der Waals surface area contributed by atoms with Gasteiger partial charge in [0.15, 0.2) is 0 Å². The normalized spacial score (nSPS) is 25.6. The fourth-order valence-corrected chi connectivity index (χ4v) is 1.44. The first-order valence-electron chi connectivity index (χ1n) is 2.31. The van der Waals surface area contributed by atoms with Crippen molar-refractivity contribution in [3.8, 4) is 0 Å². The summed E-state index contributed by atoms with van der Waals surface area (Å²) in [7, 11) is -2.54. The maximum Gasteiger partial charge on any atom is 0.438 e. The minimum Gasteiger partial charge on any atom is -0.189 e. The lowest BCUT2D eigenvalue weighted by molar-refractivity contribution is 0.326. The van der Waals surface area contributed by atoms with Crippen LogP contribution in [0.15, 0.2) is 12.4 Å². The van der Waals surface area contributed by atoms with Crippen LogP contribution in [0.3, 0.4) is 0 Å². The molecule has 0 atom stereocenters. The molecule has 0 spiro atoms. The molecule has 0 aromatic carbocycles. The lowest BCUT2D eigenvalue weighted by Gasteiger charge is -1.99. The molecule has 1 heterocycles. The van der Waals surface area contributed by atoms with Crippen LogP contribution in [-0.2, 0) is 9.05 Å². The van der Waals surface area contributed by atoms with Gasteiger partial charge in [0.25, 0.3) is 0 Å². The Morgan fingerprint density at radius 3 is 2.25 bits per heavy atom. The Bertz CT molecular complexity index is 97.5. The van der Waals surface area contributed by atoms with Crippen LogP contribution in [0.2, 0.25) is 0 Å². The monoisotopic (exact) mass is 135 g/mol. The molecule has 46 valence electrons. The van der Waals surface area contributed by atoms with Gasteiger partial charge in [0.1, 0.15) is 19.0 Å². The number of rotatable bonds is 1. The van der Waals surface area contributed by atoms with Crippen LogP contribution in [-0.4, -0.2) is 18.1 Å². The van der Waals surface area contributed by atoms with Gasteiger partial charge in [-0.1, -0.05) is 6.58 Å². The topological polar surface area (TPSA) is 38.7 Å². The molecule has 1 saturated heterocycles. The van der Waals surface area contributed by atoms with Crippen molar-refractivity contribution >= 4 is 7.94 Å². The van der Waals surface area contributed by atoms with Crippen molar-refractivity contribution in [3.63, 3.8) is 0 Å². The van der Waals surface area contributed by atoms with E-state index in [1.807, 2.05) is 0 Å². The van der Waals surface area contributed by atoms with Gasteiger partial charge in [0.05, 0.1) is 0 Å². The third kappa shape index (κ3) is 1.06. The average molecular weight is 135 g/mol. The van der Waals surface area contributed by atoms with Crippen molar-refractivity contribution < 1.29 is 13.9 Å². The second-order valence-corrected chi connectivity index (χ2v) is 3.42. The number of hydrogen-bond acceptors (Lipinski definition) is 3. The summed E-state index contributed by atoms with van der Waals surface area (Å²) in [4.78, 5) is 9.05. The lowest BCUT2D eigenvalue weighted by Crippen LogP contribution is -1.82. The summed E-state index contributed by atoms with van der Waals surface area (Å²) in [5, 5.41) is 0. The highest BCUT2D eigenvalue weighted by molar-refractivity contribution is 7.64. The van der Waals surface area contributed by atoms with Gasteiger partial charge in [-0.05, 0) is 0 Å². The maximum absolute atomic E-state index is 9.05. The van der Waals surface area contributed by atoms with Crippen molar-refractivity contribution in [1.29, 1.82) is 0 Å². The summed E-state index contributed by atoms with van der Waals surface area (Å²) in [6.07, 6.45) is 0. The van der Waals surface area contributed by atoms with E-state index in [-0.39, 0.29) is 0 Å². The van der Waals surface area contributed by atoms with Crippen LogP contribution in [0, 0.1) is 0 Å². The van der Waals surface area contributed by atoms with Gasteiger partial charge in [0.2, 0.25) is 0 Å². The third-order valence-electron chi connectivity index (χ3n) is 0.867. The second-order valence-electron chi connectivity index (χ2n) is 1.41. The zero-order valence-electron chi connectivity index (χ0n) is 4.41. The highest BCUT2D eigenvalue weighted by Crippen LogP contribution is 2.60. The molecular formula is C4H8O3P+. The Balaban J connectivity index is 2.52. The molecule has 1 N–H and O–H groups in total. The molecule has 0 bridgehead atoms. The molecule has 0 radical (unpaired) electrons. The second kappa shape index (κ2) is 2.11. The van der Waals surface area contributed by atoms with Crippen molar-refractivity contribution in [2.45, 2.75) is 0 Å². The fourth-order valence-electron chi connectivity index (χ4n) is 0.479. The third-order valence-corrected chi connectivity index (χ3v) is 2.43. The summed E-state index contributed by atoms with van der Waals surface area (Å²) < 4.78 is 9.63. The molecule has 0 aliphatic carbocycles. The first-order valence-corrected chi connectivity index (χ1v) is 3.96. The van der Waals surface area contributed by atoms with Gasteiger partial charge in [0, 0.05) is 0 Å². The van der Waals surface area contributed by atoms with E-state index < -0.39 is 7.94 Å². The molecule has 1 fully saturated rings. The summed E-state index contributed by atoms with van der Waals surface area (Å²) >= 11 is 0. The minimum atomic E-state index is -2.54. The van der Waals surface area contributed by atoms with Crippen LogP contribution in [0.25, 0.3) is 0 Å². The largest absolute Gasteiger partial charge is 0.438 e. The molecule has 0 amide bonds. The smallest absolute Gasteiger partial charge is 0.189 e. The zero-order chi connectivity index (χ0) is 6.04. The molecule has 1 aliphatic heterocycles. The Morgan fingerprint density at radius 2 is 2.00 bits per heavy atom. The van der Waals surface area contributed by atoms with E-state index in [0.29, 0.717) is 13.2 Å². The predicted octanol–water partition coefficient (Wildman–Crippen LogP) is 0.932. The SMILES string of the molecule is C=C[P+]1(O)OCCO1. The maximum atomic E-state index is 9.05. The fraction of sp³-hybridized carbons (Fsp3) is 0.500. The van der Waals surface area contributed by atoms with Crippen LogP contribution >= 0.6 is 7.94 Å². The van der Waals surface area contributed by atoms with Crippen molar-refractivity contribution in [3.05, 3.63) is 12.4 Å². The summed E-state index contributed by atoms with van der Waals surface area (Å²) in [6, 6.07) is 0. The lowest BCUT2D eigenvalue weighted by atomic mass is 10.8. The van der Waals surface area contributed by atoms with E-state index in [2.05, 4.69) is 6.58 Å². The molecule has 3 nitrogen and oxygen atoms in total. The van der Waals surface area contributed by atoms with Crippen LogP contribution in [0.5, 0.6) is 0 Å². The van der Waals surface area contributed by atoms with E-state index in [0.717, 1.165) is 0 Å². The predicted molar refractivity (Wildman–Crippen MR) is 31.2 cm³/mol.